The second-order valence-corrected chi connectivity index (χ2v) is 6.53. The maximum atomic E-state index is 11.9. The number of hydrogen-bond acceptors (Lipinski definition) is 4. The van der Waals surface area contributed by atoms with Crippen LogP contribution >= 0.6 is 0 Å². The Morgan fingerprint density at radius 2 is 1.74 bits per heavy atom. The topological polar surface area (TPSA) is 84.9 Å². The molecule has 0 aliphatic heterocycles. The molecule has 0 aromatic heterocycles. The van der Waals surface area contributed by atoms with Gasteiger partial charge in [-0.15, -0.1) is 0 Å². The number of nitrogens with one attached hydrogen (secondary N) is 1. The van der Waals surface area contributed by atoms with E-state index in [1.54, 1.807) is 45.0 Å². The number of aliphatic carboxylic acids is 1. The largest absolute Gasteiger partial charge is 0.491 e. The molecular formula is C17H25NO5. The van der Waals surface area contributed by atoms with Crippen LogP contribution in [0.4, 0.5) is 4.79 Å². The second kappa shape index (κ2) is 7.85. The lowest BCUT2D eigenvalue weighted by Crippen LogP contribution is -2.35. The fourth-order valence-electron chi connectivity index (χ4n) is 1.93. The van der Waals surface area contributed by atoms with E-state index in [0.29, 0.717) is 11.3 Å². The second-order valence-electron chi connectivity index (χ2n) is 6.53. The first-order valence-corrected chi connectivity index (χ1v) is 7.55. The highest BCUT2D eigenvalue weighted by atomic mass is 16.6. The van der Waals surface area contributed by atoms with Gasteiger partial charge >= 0.3 is 12.1 Å². The van der Waals surface area contributed by atoms with Crippen molar-refractivity contribution in [2.75, 3.05) is 0 Å². The lowest BCUT2D eigenvalue weighted by molar-refractivity contribution is -0.137. The molecule has 1 aromatic rings. The minimum Gasteiger partial charge on any atom is -0.491 e. The van der Waals surface area contributed by atoms with Gasteiger partial charge < -0.3 is 19.9 Å². The van der Waals surface area contributed by atoms with Gasteiger partial charge in [-0.3, -0.25) is 4.79 Å². The normalized spacial score (nSPS) is 12.6. The van der Waals surface area contributed by atoms with E-state index in [1.165, 1.54) is 0 Å². The maximum absolute atomic E-state index is 11.9. The summed E-state index contributed by atoms with van der Waals surface area (Å²) in [6, 6.07) is 6.31. The zero-order valence-electron chi connectivity index (χ0n) is 14.3. The number of carbonyl (C=O) groups excluding carboxylic acids is 1. The summed E-state index contributed by atoms with van der Waals surface area (Å²) in [6.07, 6.45) is -0.828. The average Bonchev–Trinajstić information content (AvgIpc) is 2.35. The van der Waals surface area contributed by atoms with Crippen molar-refractivity contribution in [2.24, 2.45) is 0 Å². The summed E-state index contributed by atoms with van der Waals surface area (Å²) >= 11 is 0. The van der Waals surface area contributed by atoms with Crippen molar-refractivity contribution in [3.05, 3.63) is 29.8 Å². The highest BCUT2D eigenvalue weighted by Crippen LogP contribution is 2.22. The van der Waals surface area contributed by atoms with Crippen LogP contribution < -0.4 is 10.1 Å². The highest BCUT2D eigenvalue weighted by Gasteiger charge is 2.22. The number of amides is 1. The third-order valence-electron chi connectivity index (χ3n) is 2.72. The van der Waals surface area contributed by atoms with E-state index in [0.717, 1.165) is 0 Å². The number of alkyl carbamates (subject to hydrolysis) is 1. The smallest absolute Gasteiger partial charge is 0.408 e. The van der Waals surface area contributed by atoms with Crippen molar-refractivity contribution in [2.45, 2.75) is 58.8 Å². The quantitative estimate of drug-likeness (QED) is 0.836. The van der Waals surface area contributed by atoms with Crippen LogP contribution in [-0.2, 0) is 9.53 Å². The Morgan fingerprint density at radius 3 is 2.17 bits per heavy atom. The molecule has 6 nitrogen and oxygen atoms in total. The molecule has 0 spiro atoms. The van der Waals surface area contributed by atoms with Gasteiger partial charge in [-0.1, -0.05) is 12.1 Å². The van der Waals surface area contributed by atoms with Crippen molar-refractivity contribution < 1.29 is 24.2 Å². The molecule has 1 rings (SSSR count). The van der Waals surface area contributed by atoms with Crippen LogP contribution in [0.5, 0.6) is 5.75 Å². The van der Waals surface area contributed by atoms with Crippen LogP contribution in [-0.4, -0.2) is 28.9 Å². The number of rotatable bonds is 6. The van der Waals surface area contributed by atoms with Crippen molar-refractivity contribution in [1.29, 1.82) is 0 Å². The molecule has 0 aliphatic carbocycles. The molecule has 0 saturated carbocycles. The number of carbonyl (C=O) groups is 2. The Labute approximate surface area is 136 Å². The molecule has 1 aromatic carbocycles. The number of carboxylic acids is 1. The van der Waals surface area contributed by atoms with E-state index in [4.69, 9.17) is 14.6 Å². The average molecular weight is 323 g/mol. The van der Waals surface area contributed by atoms with Gasteiger partial charge in [0, 0.05) is 0 Å². The monoisotopic (exact) mass is 323 g/mol. The SMILES string of the molecule is CC(C)Oc1ccc(C(CC(=O)O)NC(=O)OC(C)(C)C)cc1. The molecule has 0 heterocycles. The molecule has 0 radical (unpaired) electrons. The van der Waals surface area contributed by atoms with Gasteiger partial charge in [0.2, 0.25) is 0 Å². The van der Waals surface area contributed by atoms with Gasteiger partial charge in [-0.2, -0.15) is 0 Å². The molecule has 0 saturated heterocycles. The van der Waals surface area contributed by atoms with Crippen LogP contribution in [0.2, 0.25) is 0 Å². The van der Waals surface area contributed by atoms with Crippen LogP contribution in [0.1, 0.15) is 52.6 Å². The Morgan fingerprint density at radius 1 is 1.17 bits per heavy atom. The first kappa shape index (κ1) is 18.8. The van der Waals surface area contributed by atoms with E-state index < -0.39 is 23.7 Å². The lowest BCUT2D eigenvalue weighted by atomic mass is 10.0. The minimum atomic E-state index is -1.01. The van der Waals surface area contributed by atoms with E-state index in [2.05, 4.69) is 5.32 Å². The maximum Gasteiger partial charge on any atom is 0.408 e. The fourth-order valence-corrected chi connectivity index (χ4v) is 1.93. The molecule has 128 valence electrons. The van der Waals surface area contributed by atoms with E-state index in [9.17, 15) is 9.59 Å². The summed E-state index contributed by atoms with van der Waals surface area (Å²) < 4.78 is 10.7. The van der Waals surface area contributed by atoms with Crippen molar-refractivity contribution in [1.82, 2.24) is 5.32 Å². The molecule has 0 fully saturated rings. The summed E-state index contributed by atoms with van der Waals surface area (Å²) in [5, 5.41) is 11.6. The Bertz CT molecular complexity index is 531. The fraction of sp³-hybridized carbons (Fsp3) is 0.529. The first-order chi connectivity index (χ1) is 10.6. The van der Waals surface area contributed by atoms with Gasteiger partial charge in [0.1, 0.15) is 11.4 Å². The zero-order valence-corrected chi connectivity index (χ0v) is 14.3. The van der Waals surface area contributed by atoms with Gasteiger partial charge in [0.15, 0.2) is 0 Å². The van der Waals surface area contributed by atoms with Crippen molar-refractivity contribution in [3.63, 3.8) is 0 Å². The summed E-state index contributed by atoms with van der Waals surface area (Å²) in [4.78, 5) is 22.9. The van der Waals surface area contributed by atoms with E-state index in [1.807, 2.05) is 13.8 Å². The summed E-state index contributed by atoms with van der Waals surface area (Å²) in [6.45, 7) is 9.08. The molecule has 23 heavy (non-hydrogen) atoms. The molecule has 0 bridgehead atoms. The summed E-state index contributed by atoms with van der Waals surface area (Å²) in [5.74, 6) is -0.316. The van der Waals surface area contributed by atoms with Crippen LogP contribution in [0.25, 0.3) is 0 Å². The first-order valence-electron chi connectivity index (χ1n) is 7.55. The van der Waals surface area contributed by atoms with E-state index in [-0.39, 0.29) is 12.5 Å². The number of ether oxygens (including phenoxy) is 2. The molecule has 1 amide bonds. The molecule has 6 heteroatoms. The number of hydrogen-bond donors (Lipinski definition) is 2. The van der Waals surface area contributed by atoms with Gasteiger partial charge in [0.05, 0.1) is 18.6 Å². The van der Waals surface area contributed by atoms with Crippen molar-refractivity contribution in [3.8, 4) is 5.75 Å². The molecule has 1 atom stereocenters. The summed E-state index contributed by atoms with van der Waals surface area (Å²) in [7, 11) is 0. The van der Waals surface area contributed by atoms with Gasteiger partial charge in [-0.05, 0) is 52.3 Å². The number of carboxylic acid groups (broad SMARTS) is 1. The Kier molecular flexibility index (Phi) is 6.42. The Balaban J connectivity index is 2.85. The predicted molar refractivity (Wildman–Crippen MR) is 86.6 cm³/mol. The lowest BCUT2D eigenvalue weighted by Gasteiger charge is -2.23. The molecule has 2 N–H and O–H groups in total. The number of benzene rings is 1. The molecule has 1 unspecified atom stereocenters. The minimum absolute atomic E-state index is 0.0514. The highest BCUT2D eigenvalue weighted by molar-refractivity contribution is 5.72. The Hall–Kier alpha value is -2.24. The predicted octanol–water partition coefficient (Wildman–Crippen LogP) is 3.51. The van der Waals surface area contributed by atoms with Crippen molar-refractivity contribution >= 4 is 12.1 Å². The van der Waals surface area contributed by atoms with E-state index >= 15 is 0 Å². The van der Waals surface area contributed by atoms with Crippen LogP contribution in [0, 0.1) is 0 Å². The van der Waals surface area contributed by atoms with Crippen LogP contribution in [0.15, 0.2) is 24.3 Å². The van der Waals surface area contributed by atoms with Gasteiger partial charge in [0.25, 0.3) is 0 Å². The molecular weight excluding hydrogens is 298 g/mol. The van der Waals surface area contributed by atoms with Gasteiger partial charge in [-0.25, -0.2) is 4.79 Å². The third-order valence-corrected chi connectivity index (χ3v) is 2.72. The molecule has 0 aliphatic rings. The summed E-state index contributed by atoms with van der Waals surface area (Å²) in [5.41, 5.74) is 0.0293. The zero-order chi connectivity index (χ0) is 17.6. The third kappa shape index (κ3) is 7.54. The van der Waals surface area contributed by atoms with Crippen LogP contribution in [0.3, 0.4) is 0 Å². The standard InChI is InChI=1S/C17H25NO5/c1-11(2)22-13-8-6-12(7-9-13)14(10-15(19)20)18-16(21)23-17(3,4)5/h6-9,11,14H,10H2,1-5H3,(H,18,21)(H,19,20).